The van der Waals surface area contributed by atoms with E-state index < -0.39 is 0 Å². The monoisotopic (exact) mass is 339 g/mol. The molecule has 1 aromatic heterocycles. The molecule has 0 aliphatic carbocycles. The van der Waals surface area contributed by atoms with E-state index in [9.17, 15) is 9.18 Å². The minimum Gasteiger partial charge on any atom is -0.460 e. The van der Waals surface area contributed by atoms with E-state index in [0.29, 0.717) is 19.4 Å². The molecule has 0 aliphatic heterocycles. The van der Waals surface area contributed by atoms with Gasteiger partial charge in [0.15, 0.2) is 0 Å². The first kappa shape index (κ1) is 17.2. The molecule has 130 valence electrons. The standard InChI is InChI=1S/C21H22FNO2/c1-3-15-7-8-20-19(12-15)18(9-10-23-14(2)24)21(25-20)13-16-5-4-6-17(22)11-16/h4-8,11-12H,3,9-10,13H2,1-2H3,(H,23,24). The molecule has 0 unspecified atom stereocenters. The molecule has 0 fully saturated rings. The van der Waals surface area contributed by atoms with Gasteiger partial charge in [0.05, 0.1) is 0 Å². The van der Waals surface area contributed by atoms with E-state index in [2.05, 4.69) is 24.4 Å². The maximum Gasteiger partial charge on any atom is 0.216 e. The van der Waals surface area contributed by atoms with Gasteiger partial charge in [0.2, 0.25) is 5.91 Å². The van der Waals surface area contributed by atoms with Crippen molar-refractivity contribution in [1.82, 2.24) is 5.32 Å². The second-order valence-corrected chi connectivity index (χ2v) is 6.23. The van der Waals surface area contributed by atoms with Gasteiger partial charge in [0.25, 0.3) is 0 Å². The molecule has 0 spiro atoms. The molecule has 25 heavy (non-hydrogen) atoms. The molecule has 0 saturated carbocycles. The van der Waals surface area contributed by atoms with Gasteiger partial charge < -0.3 is 9.73 Å². The van der Waals surface area contributed by atoms with Crippen LogP contribution in [0.15, 0.2) is 46.9 Å². The van der Waals surface area contributed by atoms with E-state index in [-0.39, 0.29) is 11.7 Å². The topological polar surface area (TPSA) is 42.2 Å². The highest BCUT2D eigenvalue weighted by Crippen LogP contribution is 2.29. The van der Waals surface area contributed by atoms with Crippen LogP contribution >= 0.6 is 0 Å². The predicted molar refractivity (Wildman–Crippen MR) is 97.2 cm³/mol. The van der Waals surface area contributed by atoms with Crippen LogP contribution in [0.4, 0.5) is 4.39 Å². The third-order valence-corrected chi connectivity index (χ3v) is 4.35. The number of fused-ring (bicyclic) bond motifs is 1. The van der Waals surface area contributed by atoms with Crippen LogP contribution < -0.4 is 5.32 Å². The second-order valence-electron chi connectivity index (χ2n) is 6.23. The highest BCUT2D eigenvalue weighted by Gasteiger charge is 2.15. The summed E-state index contributed by atoms with van der Waals surface area (Å²) in [4.78, 5) is 11.2. The molecular weight excluding hydrogens is 317 g/mol. The SMILES string of the molecule is CCc1ccc2oc(Cc3cccc(F)c3)c(CCNC(C)=O)c2c1. The largest absolute Gasteiger partial charge is 0.460 e. The number of rotatable bonds is 6. The Labute approximate surface area is 146 Å². The average Bonchev–Trinajstić information content (AvgIpc) is 2.91. The molecule has 2 aromatic carbocycles. The minimum atomic E-state index is -0.248. The van der Waals surface area contributed by atoms with Crippen molar-refractivity contribution < 1.29 is 13.6 Å². The maximum atomic E-state index is 13.5. The van der Waals surface area contributed by atoms with Crippen LogP contribution in [0, 0.1) is 5.82 Å². The summed E-state index contributed by atoms with van der Waals surface area (Å²) in [6, 6.07) is 12.8. The molecule has 1 amide bonds. The minimum absolute atomic E-state index is 0.0475. The van der Waals surface area contributed by atoms with E-state index >= 15 is 0 Å². The summed E-state index contributed by atoms with van der Waals surface area (Å²) in [6.07, 6.45) is 2.17. The molecule has 0 atom stereocenters. The van der Waals surface area contributed by atoms with E-state index in [1.165, 1.54) is 24.6 Å². The van der Waals surface area contributed by atoms with Crippen molar-refractivity contribution in [3.8, 4) is 0 Å². The lowest BCUT2D eigenvalue weighted by atomic mass is 10.0. The summed E-state index contributed by atoms with van der Waals surface area (Å²) < 4.78 is 19.6. The number of hydrogen-bond acceptors (Lipinski definition) is 2. The smallest absolute Gasteiger partial charge is 0.216 e. The lowest BCUT2D eigenvalue weighted by Gasteiger charge is -2.05. The Balaban J connectivity index is 1.98. The number of carbonyl (C=O) groups excluding carboxylic acids is 1. The summed E-state index contributed by atoms with van der Waals surface area (Å²) in [5, 5.41) is 3.92. The lowest BCUT2D eigenvalue weighted by Crippen LogP contribution is -2.22. The van der Waals surface area contributed by atoms with Crippen molar-refractivity contribution in [3.63, 3.8) is 0 Å². The zero-order valence-electron chi connectivity index (χ0n) is 14.6. The van der Waals surface area contributed by atoms with Crippen LogP contribution in [-0.2, 0) is 24.1 Å². The number of hydrogen-bond donors (Lipinski definition) is 1. The van der Waals surface area contributed by atoms with Crippen LogP contribution in [0.25, 0.3) is 11.0 Å². The third kappa shape index (κ3) is 4.08. The van der Waals surface area contributed by atoms with Crippen molar-refractivity contribution in [2.75, 3.05) is 6.54 Å². The first-order chi connectivity index (χ1) is 12.1. The van der Waals surface area contributed by atoms with Crippen molar-refractivity contribution in [2.24, 2.45) is 0 Å². The van der Waals surface area contributed by atoms with Crippen LogP contribution in [0.5, 0.6) is 0 Å². The van der Waals surface area contributed by atoms with Gasteiger partial charge in [0, 0.05) is 30.8 Å². The zero-order valence-corrected chi connectivity index (χ0v) is 14.6. The zero-order chi connectivity index (χ0) is 17.8. The van der Waals surface area contributed by atoms with Crippen LogP contribution in [0.2, 0.25) is 0 Å². The average molecular weight is 339 g/mol. The number of amides is 1. The summed E-state index contributed by atoms with van der Waals surface area (Å²) >= 11 is 0. The van der Waals surface area contributed by atoms with Gasteiger partial charge >= 0.3 is 0 Å². The predicted octanol–water partition coefficient (Wildman–Crippen LogP) is 4.40. The molecule has 0 radical (unpaired) electrons. The van der Waals surface area contributed by atoms with Gasteiger partial charge in [-0.15, -0.1) is 0 Å². The number of furan rings is 1. The summed E-state index contributed by atoms with van der Waals surface area (Å²) in [5.41, 5.74) is 4.03. The Kier molecular flexibility index (Phi) is 5.17. The van der Waals surface area contributed by atoms with Crippen LogP contribution in [0.3, 0.4) is 0 Å². The summed E-state index contributed by atoms with van der Waals surface area (Å²) in [5.74, 6) is 0.537. The molecule has 0 saturated heterocycles. The number of aryl methyl sites for hydroxylation is 1. The second kappa shape index (κ2) is 7.51. The molecule has 1 heterocycles. The number of carbonyl (C=O) groups is 1. The third-order valence-electron chi connectivity index (χ3n) is 4.35. The normalized spacial score (nSPS) is 11.0. The molecule has 1 N–H and O–H groups in total. The Morgan fingerprint density at radius 2 is 2.00 bits per heavy atom. The highest BCUT2D eigenvalue weighted by molar-refractivity contribution is 5.83. The van der Waals surface area contributed by atoms with Gasteiger partial charge in [-0.1, -0.05) is 25.1 Å². The van der Waals surface area contributed by atoms with Crippen LogP contribution in [-0.4, -0.2) is 12.5 Å². The van der Waals surface area contributed by atoms with Gasteiger partial charge in [-0.2, -0.15) is 0 Å². The van der Waals surface area contributed by atoms with E-state index in [1.54, 1.807) is 6.07 Å². The molecular formula is C21H22FNO2. The summed E-state index contributed by atoms with van der Waals surface area (Å²) in [6.45, 7) is 4.18. The fourth-order valence-corrected chi connectivity index (χ4v) is 3.08. The lowest BCUT2D eigenvalue weighted by molar-refractivity contribution is -0.118. The fourth-order valence-electron chi connectivity index (χ4n) is 3.08. The number of halogens is 1. The van der Waals surface area contributed by atoms with E-state index in [0.717, 1.165) is 34.3 Å². The van der Waals surface area contributed by atoms with Crippen molar-refractivity contribution in [2.45, 2.75) is 33.1 Å². The Morgan fingerprint density at radius 1 is 1.16 bits per heavy atom. The van der Waals surface area contributed by atoms with E-state index in [1.807, 2.05) is 12.1 Å². The molecule has 4 heteroatoms. The maximum absolute atomic E-state index is 13.5. The highest BCUT2D eigenvalue weighted by atomic mass is 19.1. The van der Waals surface area contributed by atoms with E-state index in [4.69, 9.17) is 4.42 Å². The fraction of sp³-hybridized carbons (Fsp3) is 0.286. The number of nitrogens with one attached hydrogen (secondary N) is 1. The molecule has 3 aromatic rings. The van der Waals surface area contributed by atoms with Crippen molar-refractivity contribution in [3.05, 3.63) is 70.7 Å². The van der Waals surface area contributed by atoms with Gasteiger partial charge in [0.1, 0.15) is 17.2 Å². The van der Waals surface area contributed by atoms with Gasteiger partial charge in [-0.25, -0.2) is 4.39 Å². The number of benzene rings is 2. The van der Waals surface area contributed by atoms with Crippen molar-refractivity contribution in [1.29, 1.82) is 0 Å². The quantitative estimate of drug-likeness (QED) is 0.723. The van der Waals surface area contributed by atoms with Crippen molar-refractivity contribution >= 4 is 16.9 Å². The molecule has 3 rings (SSSR count). The molecule has 3 nitrogen and oxygen atoms in total. The molecule has 0 bridgehead atoms. The summed E-state index contributed by atoms with van der Waals surface area (Å²) in [7, 11) is 0. The first-order valence-electron chi connectivity index (χ1n) is 8.59. The van der Waals surface area contributed by atoms with Gasteiger partial charge in [-0.3, -0.25) is 4.79 Å². The molecule has 0 aliphatic rings. The Hall–Kier alpha value is -2.62. The van der Waals surface area contributed by atoms with Gasteiger partial charge in [-0.05, 0) is 48.2 Å². The van der Waals surface area contributed by atoms with Crippen LogP contribution in [0.1, 0.15) is 36.3 Å². The Bertz CT molecular complexity index is 898. The Morgan fingerprint density at radius 3 is 2.72 bits per heavy atom. The first-order valence-corrected chi connectivity index (χ1v) is 8.59.